The van der Waals surface area contributed by atoms with Crippen LogP contribution in [0.1, 0.15) is 83.5 Å². The second-order valence-corrected chi connectivity index (χ2v) is 15.3. The zero-order valence-electron chi connectivity index (χ0n) is 34.4. The maximum absolute atomic E-state index is 13.8. The Balaban J connectivity index is 1.10. The first-order valence-corrected chi connectivity index (χ1v) is 20.4. The zero-order valence-corrected chi connectivity index (χ0v) is 34.4. The van der Waals surface area contributed by atoms with E-state index in [0.29, 0.717) is 26.1 Å². The van der Waals surface area contributed by atoms with Gasteiger partial charge in [0.1, 0.15) is 23.7 Å². The molecule has 4 amide bonds. The molecule has 4 heterocycles. The molecule has 0 spiro atoms. The summed E-state index contributed by atoms with van der Waals surface area (Å²) < 4.78 is 9.60. The standard InChI is InChI=1S/C43H57N9O6/c1-7-50(8-2)24-21-32(48-42(55)57-5)40(53)51-22-9-11-35(51)38-44-25-33(46-38)30-17-13-28(14-18-30)29-15-19-31(20-16-29)34-26-45-39(47-34)36-12-10-23-52(36)41(54)37(27(3)4)49-43(56)58-6/h13-20,25-27,32,35-37H,7-12,21-24H2,1-6H3,(H,44,46)(H,45,47)(H,48,55)(H,49,56)/t32?,35-,36-,37-/m0/s1. The van der Waals surface area contributed by atoms with Crippen molar-refractivity contribution in [2.45, 2.75) is 84.0 Å². The first-order chi connectivity index (χ1) is 28.0. The highest BCUT2D eigenvalue weighted by atomic mass is 16.5. The number of H-pyrrole nitrogens is 2. The van der Waals surface area contributed by atoms with Gasteiger partial charge < -0.3 is 44.8 Å². The van der Waals surface area contributed by atoms with Gasteiger partial charge in [0.2, 0.25) is 11.8 Å². The van der Waals surface area contributed by atoms with Crippen LogP contribution in [0, 0.1) is 5.92 Å². The van der Waals surface area contributed by atoms with E-state index in [1.165, 1.54) is 14.2 Å². The van der Waals surface area contributed by atoms with E-state index >= 15 is 0 Å². The van der Waals surface area contributed by atoms with Crippen LogP contribution in [-0.2, 0) is 19.1 Å². The summed E-state index contributed by atoms with van der Waals surface area (Å²) in [5.41, 5.74) is 5.78. The predicted molar refractivity (Wildman–Crippen MR) is 220 cm³/mol. The van der Waals surface area contributed by atoms with Crippen molar-refractivity contribution in [1.29, 1.82) is 0 Å². The highest BCUT2D eigenvalue weighted by molar-refractivity contribution is 5.87. The minimum atomic E-state index is -0.691. The summed E-state index contributed by atoms with van der Waals surface area (Å²) >= 11 is 0. The third-order valence-electron chi connectivity index (χ3n) is 11.4. The molecule has 1 unspecified atom stereocenters. The average Bonchev–Trinajstić information content (AvgIpc) is 4.09. The van der Waals surface area contributed by atoms with Gasteiger partial charge in [-0.15, -0.1) is 0 Å². The molecule has 2 aliphatic rings. The van der Waals surface area contributed by atoms with Crippen molar-refractivity contribution in [3.8, 4) is 33.6 Å². The van der Waals surface area contributed by atoms with Crippen molar-refractivity contribution < 1.29 is 28.7 Å². The smallest absolute Gasteiger partial charge is 0.407 e. The van der Waals surface area contributed by atoms with E-state index in [9.17, 15) is 19.2 Å². The van der Waals surface area contributed by atoms with E-state index in [-0.39, 0.29) is 29.8 Å². The van der Waals surface area contributed by atoms with Crippen molar-refractivity contribution in [1.82, 2.24) is 45.3 Å². The van der Waals surface area contributed by atoms with E-state index < -0.39 is 24.3 Å². The number of carbonyl (C=O) groups is 4. The molecule has 0 aliphatic carbocycles. The quantitative estimate of drug-likeness (QED) is 0.108. The SMILES string of the molecule is CCN(CC)CCC(NC(=O)OC)C(=O)N1CCC[C@H]1c1ncc(-c2ccc(-c3ccc(-c4cnc([C@@H]5CCCN5C(=O)[C@@H](NC(=O)OC)C(C)C)[nH]4)cc3)cc2)[nH]1. The number of amides is 4. The fraction of sp³-hybridized carbons (Fsp3) is 0.488. The minimum Gasteiger partial charge on any atom is -0.453 e. The van der Waals surface area contributed by atoms with Gasteiger partial charge in [-0.3, -0.25) is 9.59 Å². The third-order valence-corrected chi connectivity index (χ3v) is 11.4. The maximum Gasteiger partial charge on any atom is 0.407 e. The molecule has 0 saturated carbocycles. The lowest BCUT2D eigenvalue weighted by Crippen LogP contribution is -2.51. The number of benzene rings is 2. The predicted octanol–water partition coefficient (Wildman–Crippen LogP) is 6.30. The number of nitrogens with one attached hydrogen (secondary N) is 4. The largest absolute Gasteiger partial charge is 0.453 e. The summed E-state index contributed by atoms with van der Waals surface area (Å²) in [5.74, 6) is 1.08. The summed E-state index contributed by atoms with van der Waals surface area (Å²) in [5, 5.41) is 5.47. The molecule has 15 heteroatoms. The van der Waals surface area contributed by atoms with Crippen LogP contribution in [0.5, 0.6) is 0 Å². The molecule has 310 valence electrons. The van der Waals surface area contributed by atoms with Gasteiger partial charge in [0.15, 0.2) is 0 Å². The number of ether oxygens (including phenoxy) is 2. The number of hydrogen-bond acceptors (Lipinski definition) is 9. The summed E-state index contributed by atoms with van der Waals surface area (Å²) in [6.07, 6.45) is 6.12. The Morgan fingerprint density at radius 3 is 1.62 bits per heavy atom. The highest BCUT2D eigenvalue weighted by Crippen LogP contribution is 2.35. The molecule has 2 aromatic heterocycles. The molecular formula is C43H57N9O6. The molecule has 0 bridgehead atoms. The average molecular weight is 796 g/mol. The molecule has 2 aromatic carbocycles. The van der Waals surface area contributed by atoms with Crippen LogP contribution >= 0.6 is 0 Å². The van der Waals surface area contributed by atoms with Crippen molar-refractivity contribution in [2.24, 2.45) is 5.92 Å². The number of nitrogens with zero attached hydrogens (tertiary/aromatic N) is 5. The summed E-state index contributed by atoms with van der Waals surface area (Å²) in [7, 11) is 2.60. The normalized spacial score (nSPS) is 17.7. The molecule has 2 saturated heterocycles. The number of carbonyl (C=O) groups excluding carboxylic acids is 4. The fourth-order valence-corrected chi connectivity index (χ4v) is 8.01. The Bertz CT molecular complexity index is 2010. The molecule has 15 nitrogen and oxygen atoms in total. The van der Waals surface area contributed by atoms with E-state index in [1.54, 1.807) is 6.20 Å². The maximum atomic E-state index is 13.8. The number of imidazole rings is 2. The first-order valence-electron chi connectivity index (χ1n) is 20.4. The molecule has 4 atom stereocenters. The van der Waals surface area contributed by atoms with Crippen LogP contribution in [0.3, 0.4) is 0 Å². The van der Waals surface area contributed by atoms with Crippen LogP contribution in [-0.4, -0.2) is 118 Å². The second kappa shape index (κ2) is 19.2. The van der Waals surface area contributed by atoms with Crippen LogP contribution in [0.25, 0.3) is 33.6 Å². The number of likely N-dealkylation sites (tertiary alicyclic amines) is 2. The molecular weight excluding hydrogens is 739 g/mol. The number of alkyl carbamates (subject to hydrolysis) is 2. The molecule has 58 heavy (non-hydrogen) atoms. The van der Waals surface area contributed by atoms with Crippen molar-refractivity contribution in [3.05, 3.63) is 72.6 Å². The van der Waals surface area contributed by atoms with Gasteiger partial charge >= 0.3 is 12.2 Å². The number of hydrogen-bond donors (Lipinski definition) is 4. The van der Waals surface area contributed by atoms with Gasteiger partial charge in [-0.25, -0.2) is 19.6 Å². The minimum absolute atomic E-state index is 0.106. The van der Waals surface area contributed by atoms with Crippen molar-refractivity contribution in [2.75, 3.05) is 46.9 Å². The van der Waals surface area contributed by atoms with E-state index in [4.69, 9.17) is 14.5 Å². The summed E-state index contributed by atoms with van der Waals surface area (Å²) in [6.45, 7) is 11.6. The van der Waals surface area contributed by atoms with E-state index in [2.05, 4.69) is 92.9 Å². The topological polar surface area (TPSA) is 178 Å². The Hall–Kier alpha value is -5.70. The molecule has 4 aromatic rings. The highest BCUT2D eigenvalue weighted by Gasteiger charge is 2.38. The Morgan fingerprint density at radius 2 is 1.17 bits per heavy atom. The molecule has 2 aliphatic heterocycles. The van der Waals surface area contributed by atoms with Gasteiger partial charge in [0.25, 0.3) is 0 Å². The van der Waals surface area contributed by atoms with Crippen molar-refractivity contribution in [3.63, 3.8) is 0 Å². The fourth-order valence-electron chi connectivity index (χ4n) is 8.01. The molecule has 4 N–H and O–H groups in total. The molecule has 2 fully saturated rings. The number of aromatic nitrogens is 4. The Morgan fingerprint density at radius 1 is 0.724 bits per heavy atom. The zero-order chi connectivity index (χ0) is 41.3. The molecule has 6 rings (SSSR count). The van der Waals surface area contributed by atoms with Gasteiger partial charge in [-0.05, 0) is 73.4 Å². The Kier molecular flexibility index (Phi) is 13.9. The van der Waals surface area contributed by atoms with Gasteiger partial charge in [-0.1, -0.05) is 76.2 Å². The number of rotatable bonds is 15. The lowest BCUT2D eigenvalue weighted by molar-refractivity contribution is -0.136. The van der Waals surface area contributed by atoms with E-state index in [0.717, 1.165) is 84.1 Å². The van der Waals surface area contributed by atoms with E-state index in [1.807, 2.05) is 29.8 Å². The Labute approximate surface area is 340 Å². The monoisotopic (exact) mass is 795 g/mol. The first kappa shape index (κ1) is 41.9. The van der Waals surface area contributed by atoms with Crippen LogP contribution < -0.4 is 10.6 Å². The number of methoxy groups -OCH3 is 2. The van der Waals surface area contributed by atoms with Gasteiger partial charge in [0.05, 0.1) is 50.1 Å². The molecule has 0 radical (unpaired) electrons. The lowest BCUT2D eigenvalue weighted by atomic mass is 10.0. The lowest BCUT2D eigenvalue weighted by Gasteiger charge is -2.30. The van der Waals surface area contributed by atoms with Crippen molar-refractivity contribution >= 4 is 24.0 Å². The summed E-state index contributed by atoms with van der Waals surface area (Å²) in [4.78, 5) is 73.7. The third kappa shape index (κ3) is 9.52. The number of aromatic amines is 2. The summed E-state index contributed by atoms with van der Waals surface area (Å²) in [6, 6.07) is 14.7. The second-order valence-electron chi connectivity index (χ2n) is 15.3. The van der Waals surface area contributed by atoms with Gasteiger partial charge in [-0.2, -0.15) is 0 Å². The van der Waals surface area contributed by atoms with Gasteiger partial charge in [0, 0.05) is 19.6 Å². The van der Waals surface area contributed by atoms with Crippen LogP contribution in [0.2, 0.25) is 0 Å². The van der Waals surface area contributed by atoms with Crippen LogP contribution in [0.4, 0.5) is 9.59 Å². The van der Waals surface area contributed by atoms with Crippen LogP contribution in [0.15, 0.2) is 60.9 Å².